The second-order valence-corrected chi connectivity index (χ2v) is 13.6. The number of amides is 1. The highest BCUT2D eigenvalue weighted by Gasteiger charge is 2.41. The van der Waals surface area contributed by atoms with Gasteiger partial charge in [-0.1, -0.05) is 18.2 Å². The number of likely N-dealkylation sites (tertiary alicyclic amines) is 1. The molecule has 10 nitrogen and oxygen atoms in total. The van der Waals surface area contributed by atoms with Gasteiger partial charge in [0.05, 0.1) is 41.0 Å². The number of hydrogen-bond donors (Lipinski definition) is 3. The van der Waals surface area contributed by atoms with Crippen LogP contribution in [0.1, 0.15) is 51.2 Å². The first-order valence-electron chi connectivity index (χ1n) is 14.9. The van der Waals surface area contributed by atoms with Gasteiger partial charge in [-0.15, -0.1) is 8.58 Å². The third-order valence-corrected chi connectivity index (χ3v) is 9.26. The molecule has 3 aromatic rings. The molecule has 1 amide bonds. The van der Waals surface area contributed by atoms with Gasteiger partial charge in [0, 0.05) is 33.1 Å². The van der Waals surface area contributed by atoms with Gasteiger partial charge < -0.3 is 30.2 Å². The standard InChI is InChI=1S/C32H41N8O2P/c1-32(2,3)42-31(41)40-14-6-7-28(40)30-38-23-15-21(10-13-27(23)39(30)5)20-8-11-22(12-9-20)36-24(16-33-4)25-17-34-29(37-25)26-18-43-19-35-26/h8-13,15-17,26,28,30,35,38,43H,6-7,14,18-19H2,1-5H3,(H,34,37)/t26-,28?,30?/m0/s1. The molecule has 4 heterocycles. The largest absolute Gasteiger partial charge is 0.444 e. The van der Waals surface area contributed by atoms with Crippen molar-refractivity contribution in [1.82, 2.24) is 20.2 Å². The minimum atomic E-state index is -0.515. The van der Waals surface area contributed by atoms with Gasteiger partial charge in [0.25, 0.3) is 0 Å². The van der Waals surface area contributed by atoms with E-state index in [-0.39, 0.29) is 24.3 Å². The summed E-state index contributed by atoms with van der Waals surface area (Å²) >= 11 is 0. The van der Waals surface area contributed by atoms with E-state index in [0.717, 1.165) is 79.3 Å². The predicted molar refractivity (Wildman–Crippen MR) is 177 cm³/mol. The average Bonchev–Trinajstić information content (AvgIpc) is 3.79. The fourth-order valence-corrected chi connectivity index (χ4v) is 7.20. The number of carbonyl (C=O) groups excluding carboxylic acids is 1. The smallest absolute Gasteiger partial charge is 0.410 e. The number of hydrogen-bond acceptors (Lipinski definition) is 8. The van der Waals surface area contributed by atoms with Crippen LogP contribution in [-0.2, 0) is 4.74 Å². The minimum Gasteiger partial charge on any atom is -0.444 e. The molecule has 6 rings (SSSR count). The van der Waals surface area contributed by atoms with Crippen molar-refractivity contribution in [3.63, 3.8) is 0 Å². The van der Waals surface area contributed by atoms with Crippen LogP contribution in [0.4, 0.5) is 21.9 Å². The van der Waals surface area contributed by atoms with Crippen molar-refractivity contribution in [2.75, 3.05) is 43.3 Å². The summed E-state index contributed by atoms with van der Waals surface area (Å²) in [7, 11) is 4.77. The van der Waals surface area contributed by atoms with Crippen LogP contribution >= 0.6 is 8.58 Å². The minimum absolute atomic E-state index is 0.0107. The van der Waals surface area contributed by atoms with E-state index in [4.69, 9.17) is 9.73 Å². The normalized spacial score (nSPS) is 22.9. The van der Waals surface area contributed by atoms with Crippen LogP contribution < -0.4 is 15.5 Å². The lowest BCUT2D eigenvalue weighted by molar-refractivity contribution is 0.0214. The van der Waals surface area contributed by atoms with Gasteiger partial charge in [-0.3, -0.25) is 4.99 Å². The highest BCUT2D eigenvalue weighted by molar-refractivity contribution is 7.38. The number of rotatable bonds is 6. The number of nitrogens with zero attached hydrogens (tertiary/aromatic N) is 5. The number of imidazole rings is 1. The van der Waals surface area contributed by atoms with Gasteiger partial charge in [-0.2, -0.15) is 0 Å². The van der Waals surface area contributed by atoms with Crippen molar-refractivity contribution in [1.29, 1.82) is 0 Å². The van der Waals surface area contributed by atoms with E-state index in [1.165, 1.54) is 0 Å². The van der Waals surface area contributed by atoms with Crippen molar-refractivity contribution in [2.24, 2.45) is 9.98 Å². The number of H-pyrrole nitrogens is 1. The SMILES string of the molecule is CN=CC(=Nc1ccc(-c2ccc3c(c2)NC(C2CCCN2C(=O)OC(C)(C)C)N3C)cc1)c1cnc([C@@H]2CPCN2)[nH]1. The number of aromatic nitrogens is 2. The Morgan fingerprint density at radius 1 is 1.16 bits per heavy atom. The van der Waals surface area contributed by atoms with E-state index >= 15 is 0 Å². The number of benzene rings is 2. The van der Waals surface area contributed by atoms with E-state index in [1.54, 1.807) is 13.3 Å². The molecule has 0 spiro atoms. The molecule has 2 fully saturated rings. The predicted octanol–water partition coefficient (Wildman–Crippen LogP) is 5.77. The van der Waals surface area contributed by atoms with Gasteiger partial charge in [-0.05, 0) is 75.2 Å². The van der Waals surface area contributed by atoms with Crippen molar-refractivity contribution in [3.05, 3.63) is 60.2 Å². The van der Waals surface area contributed by atoms with Gasteiger partial charge in [0.1, 0.15) is 23.3 Å². The summed E-state index contributed by atoms with van der Waals surface area (Å²) in [5, 5.41) is 7.20. The summed E-state index contributed by atoms with van der Waals surface area (Å²) in [5.74, 6) is 0.955. The Balaban J connectivity index is 1.17. The molecule has 0 bridgehead atoms. The Morgan fingerprint density at radius 3 is 2.67 bits per heavy atom. The first-order valence-corrected chi connectivity index (χ1v) is 16.4. The van der Waals surface area contributed by atoms with Crippen LogP contribution in [0.5, 0.6) is 0 Å². The maximum Gasteiger partial charge on any atom is 0.410 e. The fraction of sp³-hybridized carbons (Fsp3) is 0.438. The molecular formula is C32H41N8O2P. The zero-order valence-corrected chi connectivity index (χ0v) is 26.5. The Hall–Kier alpha value is -3.75. The molecule has 11 heteroatoms. The van der Waals surface area contributed by atoms with Crippen LogP contribution in [0.15, 0.2) is 58.6 Å². The molecule has 0 saturated carbocycles. The van der Waals surface area contributed by atoms with Crippen LogP contribution in [0, 0.1) is 0 Å². The zero-order valence-electron chi connectivity index (χ0n) is 25.5. The highest BCUT2D eigenvalue weighted by atomic mass is 31.1. The summed E-state index contributed by atoms with van der Waals surface area (Å²) in [6.45, 7) is 6.45. The number of likely N-dealkylation sites (N-methyl/N-ethyl adjacent to an activating group) is 1. The summed E-state index contributed by atoms with van der Waals surface area (Å²) in [6, 6.07) is 15.1. The zero-order chi connectivity index (χ0) is 30.1. The Bertz CT molecular complexity index is 1520. The number of ether oxygens (including phenoxy) is 1. The third-order valence-electron chi connectivity index (χ3n) is 8.11. The van der Waals surface area contributed by atoms with Crippen molar-refractivity contribution in [3.8, 4) is 11.1 Å². The van der Waals surface area contributed by atoms with Gasteiger partial charge in [0.2, 0.25) is 0 Å². The Morgan fingerprint density at radius 2 is 1.95 bits per heavy atom. The molecule has 2 saturated heterocycles. The van der Waals surface area contributed by atoms with E-state index in [2.05, 4.69) is 67.9 Å². The van der Waals surface area contributed by atoms with E-state index < -0.39 is 5.60 Å². The summed E-state index contributed by atoms with van der Waals surface area (Å²) in [6.07, 6.45) is 7.43. The van der Waals surface area contributed by atoms with Crippen LogP contribution in [0.2, 0.25) is 0 Å². The van der Waals surface area contributed by atoms with E-state index in [9.17, 15) is 4.79 Å². The number of carbonyl (C=O) groups is 1. The van der Waals surface area contributed by atoms with Gasteiger partial charge in [-0.25, -0.2) is 14.8 Å². The van der Waals surface area contributed by atoms with E-state index in [1.807, 2.05) is 44.0 Å². The average molecular weight is 601 g/mol. The van der Waals surface area contributed by atoms with Crippen molar-refractivity contribution >= 4 is 43.7 Å². The van der Waals surface area contributed by atoms with E-state index in [0.29, 0.717) is 6.54 Å². The van der Waals surface area contributed by atoms with Crippen molar-refractivity contribution in [2.45, 2.75) is 57.5 Å². The maximum absolute atomic E-state index is 12.9. The molecule has 1 aromatic heterocycles. The molecule has 3 aliphatic heterocycles. The monoisotopic (exact) mass is 600 g/mol. The Kier molecular flexibility index (Phi) is 8.25. The van der Waals surface area contributed by atoms with Crippen molar-refractivity contribution < 1.29 is 9.53 Å². The lowest BCUT2D eigenvalue weighted by Gasteiger charge is -2.35. The summed E-state index contributed by atoms with van der Waals surface area (Å²) < 4.78 is 5.71. The molecule has 43 heavy (non-hydrogen) atoms. The fourth-order valence-electron chi connectivity index (χ4n) is 6.04. The molecule has 3 N–H and O–H groups in total. The van der Waals surface area contributed by atoms with Crippen LogP contribution in [-0.4, -0.2) is 83.8 Å². The first kappa shape index (κ1) is 29.3. The third kappa shape index (κ3) is 6.31. The molecule has 0 radical (unpaired) electrons. The molecule has 226 valence electrons. The Labute approximate surface area is 255 Å². The maximum atomic E-state index is 12.9. The lowest BCUT2D eigenvalue weighted by atomic mass is 10.0. The number of anilines is 2. The lowest BCUT2D eigenvalue weighted by Crippen LogP contribution is -2.52. The molecular weight excluding hydrogens is 559 g/mol. The molecule has 0 aliphatic carbocycles. The van der Waals surface area contributed by atoms with Crippen LogP contribution in [0.25, 0.3) is 11.1 Å². The van der Waals surface area contributed by atoms with Gasteiger partial charge >= 0.3 is 6.09 Å². The number of aliphatic imine (C=N–C) groups is 2. The molecule has 3 unspecified atom stereocenters. The quantitative estimate of drug-likeness (QED) is 0.245. The summed E-state index contributed by atoms with van der Waals surface area (Å²) in [4.78, 5) is 34.2. The highest BCUT2D eigenvalue weighted by Crippen LogP contribution is 2.40. The second kappa shape index (κ2) is 12.1. The second-order valence-electron chi connectivity index (χ2n) is 12.3. The molecule has 2 aromatic carbocycles. The topological polar surface area (TPSA) is 110 Å². The molecule has 3 aliphatic rings. The molecule has 4 atom stereocenters. The number of fused-ring (bicyclic) bond motifs is 1. The number of aromatic amines is 1. The van der Waals surface area contributed by atoms with Crippen LogP contribution in [0.3, 0.4) is 0 Å². The summed E-state index contributed by atoms with van der Waals surface area (Å²) in [5.41, 5.74) is 6.35. The first-order chi connectivity index (χ1) is 20.7. The number of nitrogens with one attached hydrogen (secondary N) is 3. The van der Waals surface area contributed by atoms with Gasteiger partial charge in [0.15, 0.2) is 0 Å².